The number of halogens is 1. The van der Waals surface area contributed by atoms with E-state index in [2.05, 4.69) is 20.6 Å². The largest absolute Gasteiger partial charge is 0.485 e. The summed E-state index contributed by atoms with van der Waals surface area (Å²) in [6, 6.07) is 7.74. The maximum absolute atomic E-state index is 6.06. The summed E-state index contributed by atoms with van der Waals surface area (Å²) in [4.78, 5) is 0. The molecule has 0 saturated carbocycles. The summed E-state index contributed by atoms with van der Waals surface area (Å²) < 4.78 is 18.8. The van der Waals surface area contributed by atoms with E-state index in [1.165, 1.54) is 0 Å². The van der Waals surface area contributed by atoms with Crippen LogP contribution in [0, 0.1) is 0 Å². The van der Waals surface area contributed by atoms with Gasteiger partial charge in [0.25, 0.3) is 5.89 Å². The minimum Gasteiger partial charge on any atom is -0.485 e. The molecule has 0 bridgehead atoms. The molecule has 1 N–H and O–H groups in total. The summed E-state index contributed by atoms with van der Waals surface area (Å²) in [5.74, 6) is 1.71. The first kappa shape index (κ1) is 14.8. The number of rotatable bonds is 4. The van der Waals surface area contributed by atoms with Gasteiger partial charge in [-0.05, 0) is 12.1 Å². The summed E-state index contributed by atoms with van der Waals surface area (Å²) in [6.07, 6.45) is 1.14. The lowest BCUT2D eigenvalue weighted by molar-refractivity contribution is 0.0717. The van der Waals surface area contributed by atoms with Crippen molar-refractivity contribution in [2.75, 3.05) is 11.9 Å². The highest BCUT2D eigenvalue weighted by molar-refractivity contribution is 6.31. The molecule has 1 atom stereocenters. The van der Waals surface area contributed by atoms with Gasteiger partial charge in [0.2, 0.25) is 6.10 Å². The van der Waals surface area contributed by atoms with Crippen LogP contribution in [0.2, 0.25) is 5.02 Å². The molecule has 4 rings (SSSR count). The van der Waals surface area contributed by atoms with Gasteiger partial charge in [-0.1, -0.05) is 28.8 Å². The molecule has 0 spiro atoms. The van der Waals surface area contributed by atoms with Gasteiger partial charge in [-0.15, -0.1) is 5.10 Å². The lowest BCUT2D eigenvalue weighted by Crippen LogP contribution is -2.21. The Balaban J connectivity index is 1.44. The molecule has 3 aromatic rings. The average Bonchev–Trinajstić information content (AvgIpc) is 3.20. The SMILES string of the molecule is Cn1ncc(Cl)c1CNc1nnc(C2COc3ccccc3O2)o1. The molecule has 0 aliphatic carbocycles. The van der Waals surface area contributed by atoms with Crippen molar-refractivity contribution in [1.82, 2.24) is 20.0 Å². The standard InChI is InChI=1S/C15H14ClN5O3/c1-21-10(9(16)6-18-21)7-17-15-20-19-14(24-15)13-8-22-11-4-2-3-5-12(11)23-13/h2-6,13H,7-8H2,1H3,(H,17,20). The van der Waals surface area contributed by atoms with Crippen molar-refractivity contribution in [3.63, 3.8) is 0 Å². The Morgan fingerprint density at radius 1 is 1.29 bits per heavy atom. The lowest BCUT2D eigenvalue weighted by atomic mass is 10.2. The molecule has 124 valence electrons. The Labute approximate surface area is 142 Å². The molecule has 2 aromatic heterocycles. The molecular weight excluding hydrogens is 334 g/mol. The van der Waals surface area contributed by atoms with Gasteiger partial charge in [0.1, 0.15) is 6.61 Å². The summed E-state index contributed by atoms with van der Waals surface area (Å²) in [6.45, 7) is 0.730. The summed E-state index contributed by atoms with van der Waals surface area (Å²) in [5, 5.41) is 15.7. The van der Waals surface area contributed by atoms with E-state index in [4.69, 9.17) is 25.5 Å². The second-order valence-electron chi connectivity index (χ2n) is 5.23. The number of fused-ring (bicyclic) bond motifs is 1. The second kappa shape index (κ2) is 6.04. The van der Waals surface area contributed by atoms with E-state index in [9.17, 15) is 0 Å². The Bertz CT molecular complexity index is 843. The number of nitrogens with zero attached hydrogens (tertiary/aromatic N) is 4. The normalized spacial score (nSPS) is 16.2. The van der Waals surface area contributed by atoms with Gasteiger partial charge >= 0.3 is 6.01 Å². The van der Waals surface area contributed by atoms with E-state index in [0.29, 0.717) is 35.6 Å². The number of benzene rings is 1. The number of ether oxygens (including phenoxy) is 2. The second-order valence-corrected chi connectivity index (χ2v) is 5.63. The molecule has 0 saturated heterocycles. The highest BCUT2D eigenvalue weighted by atomic mass is 35.5. The van der Waals surface area contributed by atoms with Crippen molar-refractivity contribution in [1.29, 1.82) is 0 Å². The van der Waals surface area contributed by atoms with Crippen LogP contribution >= 0.6 is 11.6 Å². The van der Waals surface area contributed by atoms with Crippen molar-refractivity contribution in [3.05, 3.63) is 47.1 Å². The van der Waals surface area contributed by atoms with Gasteiger partial charge in [-0.3, -0.25) is 4.68 Å². The number of aryl methyl sites for hydroxylation is 1. The van der Waals surface area contributed by atoms with Gasteiger partial charge in [0, 0.05) is 7.05 Å². The molecule has 24 heavy (non-hydrogen) atoms. The van der Waals surface area contributed by atoms with E-state index < -0.39 is 6.10 Å². The molecule has 9 heteroatoms. The van der Waals surface area contributed by atoms with Gasteiger partial charge < -0.3 is 19.2 Å². The van der Waals surface area contributed by atoms with Crippen molar-refractivity contribution in [2.45, 2.75) is 12.6 Å². The maximum atomic E-state index is 6.06. The molecule has 0 radical (unpaired) electrons. The molecule has 8 nitrogen and oxygen atoms in total. The maximum Gasteiger partial charge on any atom is 0.315 e. The molecule has 3 heterocycles. The number of anilines is 1. The third-order valence-electron chi connectivity index (χ3n) is 3.64. The minimum atomic E-state index is -0.441. The van der Waals surface area contributed by atoms with Crippen LogP contribution in [-0.2, 0) is 13.6 Å². The predicted octanol–water partition coefficient (Wildman–Crippen LogP) is 2.58. The monoisotopic (exact) mass is 347 g/mol. The molecule has 1 aromatic carbocycles. The van der Waals surface area contributed by atoms with Crippen LogP contribution in [0.25, 0.3) is 0 Å². The lowest BCUT2D eigenvalue weighted by Gasteiger charge is -2.23. The van der Waals surface area contributed by atoms with Gasteiger partial charge in [0.15, 0.2) is 11.5 Å². The fraction of sp³-hybridized carbons (Fsp3) is 0.267. The van der Waals surface area contributed by atoms with E-state index >= 15 is 0 Å². The Hall–Kier alpha value is -2.74. The number of nitrogens with one attached hydrogen (secondary N) is 1. The third-order valence-corrected chi connectivity index (χ3v) is 3.96. The van der Waals surface area contributed by atoms with E-state index in [-0.39, 0.29) is 6.01 Å². The van der Waals surface area contributed by atoms with Gasteiger partial charge in [-0.2, -0.15) is 5.10 Å². The van der Waals surface area contributed by atoms with Crippen LogP contribution in [0.3, 0.4) is 0 Å². The zero-order chi connectivity index (χ0) is 16.5. The number of para-hydroxylation sites is 2. The smallest absolute Gasteiger partial charge is 0.315 e. The van der Waals surface area contributed by atoms with E-state index in [1.807, 2.05) is 31.3 Å². The van der Waals surface area contributed by atoms with Crippen LogP contribution in [0.15, 0.2) is 34.9 Å². The molecule has 1 unspecified atom stereocenters. The van der Waals surface area contributed by atoms with Gasteiger partial charge in [0.05, 0.1) is 23.5 Å². The van der Waals surface area contributed by atoms with Crippen LogP contribution in [0.1, 0.15) is 17.7 Å². The predicted molar refractivity (Wildman–Crippen MR) is 85.1 cm³/mol. The first-order chi connectivity index (χ1) is 11.7. The minimum absolute atomic E-state index is 0.282. The first-order valence-electron chi connectivity index (χ1n) is 7.33. The van der Waals surface area contributed by atoms with Crippen LogP contribution in [0.5, 0.6) is 11.5 Å². The third kappa shape index (κ3) is 2.76. The van der Waals surface area contributed by atoms with Crippen LogP contribution < -0.4 is 14.8 Å². The van der Waals surface area contributed by atoms with Crippen molar-refractivity contribution >= 4 is 17.6 Å². The molecular formula is C15H14ClN5O3. The molecule has 0 fully saturated rings. The van der Waals surface area contributed by atoms with E-state index in [1.54, 1.807) is 10.9 Å². The average molecular weight is 348 g/mol. The zero-order valence-electron chi connectivity index (χ0n) is 12.8. The number of hydrogen-bond donors (Lipinski definition) is 1. The molecule has 0 amide bonds. The zero-order valence-corrected chi connectivity index (χ0v) is 13.5. The summed E-state index contributed by atoms with van der Waals surface area (Å²) in [5.41, 5.74) is 0.822. The topological polar surface area (TPSA) is 87.2 Å². The Kier molecular flexibility index (Phi) is 3.73. The summed E-state index contributed by atoms with van der Waals surface area (Å²) >= 11 is 6.06. The highest BCUT2D eigenvalue weighted by Gasteiger charge is 2.27. The first-order valence-corrected chi connectivity index (χ1v) is 7.70. The summed E-state index contributed by atoms with van der Waals surface area (Å²) in [7, 11) is 1.81. The number of hydrogen-bond acceptors (Lipinski definition) is 7. The fourth-order valence-electron chi connectivity index (χ4n) is 2.37. The van der Waals surface area contributed by atoms with Crippen molar-refractivity contribution in [3.8, 4) is 11.5 Å². The molecule has 1 aliphatic rings. The quantitative estimate of drug-likeness (QED) is 0.776. The Morgan fingerprint density at radius 3 is 2.92 bits per heavy atom. The van der Waals surface area contributed by atoms with Crippen LogP contribution in [0.4, 0.5) is 6.01 Å². The van der Waals surface area contributed by atoms with E-state index in [0.717, 1.165) is 5.69 Å². The van der Waals surface area contributed by atoms with Crippen molar-refractivity contribution < 1.29 is 13.9 Å². The Morgan fingerprint density at radius 2 is 2.12 bits per heavy atom. The van der Waals surface area contributed by atoms with Gasteiger partial charge in [-0.25, -0.2) is 0 Å². The van der Waals surface area contributed by atoms with Crippen LogP contribution in [-0.4, -0.2) is 26.6 Å². The fourth-order valence-corrected chi connectivity index (χ4v) is 2.60. The van der Waals surface area contributed by atoms with Crippen molar-refractivity contribution in [2.24, 2.45) is 7.05 Å². The molecule has 1 aliphatic heterocycles. The number of aromatic nitrogens is 4. The highest BCUT2D eigenvalue weighted by Crippen LogP contribution is 2.35.